The summed E-state index contributed by atoms with van der Waals surface area (Å²) in [6, 6.07) is 7.46. The molecule has 8 heteroatoms. The Morgan fingerprint density at radius 1 is 1.12 bits per heavy atom. The van der Waals surface area contributed by atoms with Gasteiger partial charge in [0.15, 0.2) is 5.03 Å². The van der Waals surface area contributed by atoms with Crippen LogP contribution in [0.2, 0.25) is 0 Å². The number of aryl methyl sites for hydroxylation is 2. The van der Waals surface area contributed by atoms with Gasteiger partial charge in [-0.1, -0.05) is 13.3 Å². The summed E-state index contributed by atoms with van der Waals surface area (Å²) in [6.45, 7) is 2.47. The maximum atomic E-state index is 13.2. The number of anilines is 1. The molecule has 0 aromatic carbocycles. The fourth-order valence-corrected chi connectivity index (χ4v) is 4.23. The molecule has 0 atom stereocenters. The Morgan fingerprint density at radius 2 is 1.84 bits per heavy atom. The standard InChI is InChI=1S/C17H23N5O2S/c1-4-5-12-22(17-9-7-11-20(17)3)25(23,24)15-13-21(14-18-15)16-8-6-10-19(16)2/h6-11,13-14H,4-5,12H2,1-3H3. The van der Waals surface area contributed by atoms with Crippen molar-refractivity contribution in [3.63, 3.8) is 0 Å². The molecule has 0 radical (unpaired) electrons. The first-order valence-corrected chi connectivity index (χ1v) is 9.69. The third kappa shape index (κ3) is 3.21. The predicted molar refractivity (Wildman–Crippen MR) is 97.4 cm³/mol. The summed E-state index contributed by atoms with van der Waals surface area (Å²) in [6.07, 6.45) is 8.53. The first-order chi connectivity index (χ1) is 11.9. The maximum absolute atomic E-state index is 13.2. The topological polar surface area (TPSA) is 65.1 Å². The van der Waals surface area contributed by atoms with Crippen LogP contribution in [-0.2, 0) is 24.1 Å². The van der Waals surface area contributed by atoms with Crippen molar-refractivity contribution in [1.82, 2.24) is 18.7 Å². The molecule has 0 aliphatic rings. The van der Waals surface area contributed by atoms with E-state index in [1.165, 1.54) is 10.6 Å². The van der Waals surface area contributed by atoms with Crippen LogP contribution in [0.1, 0.15) is 19.8 Å². The second kappa shape index (κ2) is 6.79. The highest BCUT2D eigenvalue weighted by molar-refractivity contribution is 7.92. The third-order valence-electron chi connectivity index (χ3n) is 4.18. The van der Waals surface area contributed by atoms with Crippen LogP contribution < -0.4 is 4.31 Å². The van der Waals surface area contributed by atoms with Gasteiger partial charge in [0.2, 0.25) is 0 Å². The molecule has 134 valence electrons. The van der Waals surface area contributed by atoms with Gasteiger partial charge in [-0.25, -0.2) is 9.29 Å². The molecule has 3 rings (SSSR count). The average Bonchev–Trinajstić information content (AvgIpc) is 3.29. The molecular formula is C17H23N5O2S. The number of rotatable bonds is 7. The van der Waals surface area contributed by atoms with Gasteiger partial charge in [0.25, 0.3) is 10.0 Å². The van der Waals surface area contributed by atoms with Crippen molar-refractivity contribution in [1.29, 1.82) is 0 Å². The monoisotopic (exact) mass is 361 g/mol. The average molecular weight is 361 g/mol. The molecular weight excluding hydrogens is 338 g/mol. The van der Waals surface area contributed by atoms with E-state index < -0.39 is 10.0 Å². The van der Waals surface area contributed by atoms with Crippen LogP contribution in [0.25, 0.3) is 5.82 Å². The molecule has 0 bridgehead atoms. The van der Waals surface area contributed by atoms with Gasteiger partial charge in [-0.05, 0) is 30.7 Å². The van der Waals surface area contributed by atoms with Crippen molar-refractivity contribution in [3.05, 3.63) is 49.2 Å². The highest BCUT2D eigenvalue weighted by Gasteiger charge is 2.28. The fraction of sp³-hybridized carbons (Fsp3) is 0.353. The summed E-state index contributed by atoms with van der Waals surface area (Å²) >= 11 is 0. The van der Waals surface area contributed by atoms with E-state index >= 15 is 0 Å². The minimum Gasteiger partial charge on any atom is -0.337 e. The quantitative estimate of drug-likeness (QED) is 0.650. The number of imidazole rings is 1. The molecule has 0 amide bonds. The van der Waals surface area contributed by atoms with E-state index in [1.807, 2.05) is 56.2 Å². The Kier molecular flexibility index (Phi) is 4.71. The van der Waals surface area contributed by atoms with Gasteiger partial charge in [0, 0.05) is 33.0 Å². The minimum atomic E-state index is -3.73. The molecule has 0 spiro atoms. The Morgan fingerprint density at radius 3 is 2.44 bits per heavy atom. The van der Waals surface area contributed by atoms with Crippen LogP contribution in [0.15, 0.2) is 54.2 Å². The van der Waals surface area contributed by atoms with Crippen molar-refractivity contribution in [2.24, 2.45) is 14.1 Å². The van der Waals surface area contributed by atoms with E-state index in [2.05, 4.69) is 4.98 Å². The van der Waals surface area contributed by atoms with Crippen LogP contribution in [0.5, 0.6) is 0 Å². The number of aromatic nitrogens is 4. The van der Waals surface area contributed by atoms with Crippen molar-refractivity contribution in [2.75, 3.05) is 10.8 Å². The smallest absolute Gasteiger partial charge is 0.284 e. The largest absolute Gasteiger partial charge is 0.337 e. The number of sulfonamides is 1. The van der Waals surface area contributed by atoms with E-state index in [0.717, 1.165) is 18.7 Å². The molecule has 0 saturated heterocycles. The van der Waals surface area contributed by atoms with Crippen LogP contribution in [0, 0.1) is 0 Å². The van der Waals surface area contributed by atoms with E-state index in [4.69, 9.17) is 0 Å². The molecule has 3 aromatic heterocycles. The zero-order chi connectivity index (χ0) is 18.0. The normalized spacial score (nSPS) is 11.8. The summed E-state index contributed by atoms with van der Waals surface area (Å²) in [5.41, 5.74) is 0. The Balaban J connectivity index is 2.00. The van der Waals surface area contributed by atoms with Crippen LogP contribution in [0.3, 0.4) is 0 Å². The predicted octanol–water partition coefficient (Wildman–Crippen LogP) is 2.54. The number of hydrogen-bond donors (Lipinski definition) is 0. The summed E-state index contributed by atoms with van der Waals surface area (Å²) < 4.78 is 33.2. The molecule has 3 heterocycles. The fourth-order valence-electron chi connectivity index (χ4n) is 2.77. The minimum absolute atomic E-state index is 0.0472. The lowest BCUT2D eigenvalue weighted by Gasteiger charge is -2.23. The maximum Gasteiger partial charge on any atom is 0.284 e. The molecule has 0 aliphatic carbocycles. The van der Waals surface area contributed by atoms with Gasteiger partial charge < -0.3 is 9.13 Å². The van der Waals surface area contributed by atoms with Crippen molar-refractivity contribution >= 4 is 15.8 Å². The van der Waals surface area contributed by atoms with Gasteiger partial charge in [-0.2, -0.15) is 8.42 Å². The molecule has 0 saturated carbocycles. The number of unbranched alkanes of at least 4 members (excludes halogenated alkanes) is 1. The van der Waals surface area contributed by atoms with Crippen LogP contribution in [-0.4, -0.2) is 33.6 Å². The number of nitrogens with zero attached hydrogens (tertiary/aromatic N) is 5. The van der Waals surface area contributed by atoms with Crippen LogP contribution >= 0.6 is 0 Å². The van der Waals surface area contributed by atoms with Gasteiger partial charge in [0.1, 0.15) is 18.0 Å². The van der Waals surface area contributed by atoms with Crippen molar-refractivity contribution in [2.45, 2.75) is 24.8 Å². The highest BCUT2D eigenvalue weighted by atomic mass is 32.2. The summed E-state index contributed by atoms with van der Waals surface area (Å²) in [7, 11) is 0.0129. The molecule has 0 fully saturated rings. The van der Waals surface area contributed by atoms with E-state index in [0.29, 0.717) is 12.4 Å². The van der Waals surface area contributed by atoms with Gasteiger partial charge in [-0.3, -0.25) is 4.57 Å². The molecule has 0 unspecified atom stereocenters. The Labute approximate surface area is 148 Å². The molecule has 7 nitrogen and oxygen atoms in total. The summed E-state index contributed by atoms with van der Waals surface area (Å²) in [5.74, 6) is 1.50. The summed E-state index contributed by atoms with van der Waals surface area (Å²) in [5, 5.41) is 0.0472. The van der Waals surface area contributed by atoms with Gasteiger partial charge >= 0.3 is 0 Å². The lowest BCUT2D eigenvalue weighted by Crippen LogP contribution is -2.33. The lowest BCUT2D eigenvalue weighted by atomic mass is 10.3. The molecule has 0 aliphatic heterocycles. The first-order valence-electron chi connectivity index (χ1n) is 8.25. The first kappa shape index (κ1) is 17.3. The highest BCUT2D eigenvalue weighted by Crippen LogP contribution is 2.24. The summed E-state index contributed by atoms with van der Waals surface area (Å²) in [4.78, 5) is 4.16. The Hall–Kier alpha value is -2.48. The van der Waals surface area contributed by atoms with E-state index in [1.54, 1.807) is 21.4 Å². The Bertz CT molecular complexity index is 951. The van der Waals surface area contributed by atoms with E-state index in [9.17, 15) is 8.42 Å². The van der Waals surface area contributed by atoms with Crippen molar-refractivity contribution < 1.29 is 8.42 Å². The van der Waals surface area contributed by atoms with Gasteiger partial charge in [-0.15, -0.1) is 0 Å². The third-order valence-corrected chi connectivity index (χ3v) is 5.87. The molecule has 0 N–H and O–H groups in total. The molecule has 3 aromatic rings. The van der Waals surface area contributed by atoms with Gasteiger partial charge in [0.05, 0.1) is 6.20 Å². The number of hydrogen-bond acceptors (Lipinski definition) is 3. The molecule has 25 heavy (non-hydrogen) atoms. The van der Waals surface area contributed by atoms with Crippen LogP contribution in [0.4, 0.5) is 5.82 Å². The zero-order valence-electron chi connectivity index (χ0n) is 14.7. The SMILES string of the molecule is CCCCN(c1cccn1C)S(=O)(=O)c1cn(-c2cccn2C)cn1. The second-order valence-electron chi connectivity index (χ2n) is 6.00. The lowest BCUT2D eigenvalue weighted by molar-refractivity contribution is 0.583. The van der Waals surface area contributed by atoms with Crippen molar-refractivity contribution in [3.8, 4) is 5.82 Å². The second-order valence-corrected chi connectivity index (χ2v) is 7.81. The van der Waals surface area contributed by atoms with E-state index in [-0.39, 0.29) is 5.03 Å². The zero-order valence-corrected chi connectivity index (χ0v) is 15.5.